The molecule has 0 bridgehead atoms. The van der Waals surface area contributed by atoms with Crippen LogP contribution in [0.15, 0.2) is 328 Å². The van der Waals surface area contributed by atoms with Crippen molar-refractivity contribution in [1.82, 2.24) is 18.3 Å². The van der Waals surface area contributed by atoms with E-state index in [1.165, 1.54) is 149 Å². The molecule has 0 N–H and O–H groups in total. The van der Waals surface area contributed by atoms with Gasteiger partial charge in [-0.25, -0.2) is 0 Å². The number of rotatable bonds is 9. The van der Waals surface area contributed by atoms with Gasteiger partial charge in [0.1, 0.15) is 0 Å². The molecule has 0 spiro atoms. The molecule has 0 saturated heterocycles. The van der Waals surface area contributed by atoms with Crippen LogP contribution in [0.2, 0.25) is 0 Å². The van der Waals surface area contributed by atoms with E-state index in [1.54, 1.807) is 0 Å². The third-order valence-corrected chi connectivity index (χ3v) is 18.4. The highest BCUT2D eigenvalue weighted by molar-refractivity contribution is 6.15. The minimum Gasteiger partial charge on any atom is -0.309 e. The lowest BCUT2D eigenvalue weighted by Crippen LogP contribution is -1.94. The first-order valence-corrected chi connectivity index (χ1v) is 30.3. The molecular weight excluding hydrogens is 1060 g/mol. The van der Waals surface area contributed by atoms with Crippen molar-refractivity contribution in [3.63, 3.8) is 0 Å². The summed E-state index contributed by atoms with van der Waals surface area (Å²) in [6.45, 7) is 0. The van der Waals surface area contributed by atoms with Crippen LogP contribution in [-0.2, 0) is 0 Å². The Balaban J connectivity index is 0.617. The molecule has 4 aromatic heterocycles. The van der Waals surface area contributed by atoms with Crippen molar-refractivity contribution < 1.29 is 0 Å². The van der Waals surface area contributed by atoms with Gasteiger partial charge in [0.2, 0.25) is 0 Å². The Morgan fingerprint density at radius 3 is 0.602 bits per heavy atom. The van der Waals surface area contributed by atoms with Crippen LogP contribution in [0.4, 0.5) is 0 Å². The zero-order chi connectivity index (χ0) is 57.8. The SMILES string of the molecule is c1ccc(-c2ccc(-n3c4ccccc4c4cc(-c5ccc6c(c5)c5ccccc5n6-c5ccc(-c6ccc(-c7ccc(-n8c9ccccc9c9cc(-c%10ccc%11c(c%10)c%10ccccc%10n%11-c%10ccccc%10)ccc98)cc7)cc6)cc5)ccc43)cc2)cc1. The lowest BCUT2D eigenvalue weighted by Gasteiger charge is -2.11. The smallest absolute Gasteiger partial charge is 0.0541 e. The molecule has 4 heterocycles. The molecule has 4 nitrogen and oxygen atoms in total. The van der Waals surface area contributed by atoms with Crippen molar-refractivity contribution >= 4 is 87.2 Å². The summed E-state index contributed by atoms with van der Waals surface area (Å²) in [4.78, 5) is 0. The highest BCUT2D eigenvalue weighted by Crippen LogP contribution is 2.42. The zero-order valence-corrected chi connectivity index (χ0v) is 48.0. The van der Waals surface area contributed by atoms with Crippen molar-refractivity contribution in [3.8, 4) is 78.4 Å². The Hall–Kier alpha value is -11.7. The van der Waals surface area contributed by atoms with Gasteiger partial charge in [-0.3, -0.25) is 0 Å². The molecule has 18 aromatic rings. The second-order valence-electron chi connectivity index (χ2n) is 23.3. The number of fused-ring (bicyclic) bond motifs is 12. The summed E-state index contributed by atoms with van der Waals surface area (Å²) in [5, 5.41) is 9.96. The molecule has 18 rings (SSSR count). The van der Waals surface area contributed by atoms with E-state index < -0.39 is 0 Å². The molecule has 0 atom stereocenters. The Kier molecular flexibility index (Phi) is 11.3. The maximum absolute atomic E-state index is 2.41. The van der Waals surface area contributed by atoms with Crippen LogP contribution in [0.3, 0.4) is 0 Å². The summed E-state index contributed by atoms with van der Waals surface area (Å²) >= 11 is 0. The first kappa shape index (κ1) is 49.7. The van der Waals surface area contributed by atoms with Gasteiger partial charge in [-0.05, 0) is 177 Å². The Bertz CT molecular complexity index is 5740. The zero-order valence-electron chi connectivity index (χ0n) is 48.0. The predicted molar refractivity (Wildman–Crippen MR) is 371 cm³/mol. The molecule has 88 heavy (non-hydrogen) atoms. The Morgan fingerprint density at radius 1 is 0.125 bits per heavy atom. The van der Waals surface area contributed by atoms with Gasteiger partial charge in [-0.2, -0.15) is 0 Å². The molecule has 0 aliphatic carbocycles. The lowest BCUT2D eigenvalue weighted by atomic mass is 10.00. The lowest BCUT2D eigenvalue weighted by molar-refractivity contribution is 1.18. The van der Waals surface area contributed by atoms with E-state index in [2.05, 4.69) is 346 Å². The standard InChI is InChI=1S/C84H54N4/c1-3-15-55(16-4-1)58-31-41-66(42-32-58)86-78-24-12-8-20-70(78)74-53-63(39-48-82(74)86)64-40-50-84-76(54-64)72-22-10-14-26-80(72)88(84)68-45-35-60(36-46-68)57-29-27-56(28-30-57)59-33-43-67(44-34-59)87-79-25-13-9-21-71(79)75-52-62(38-49-83(75)87)61-37-47-81-73(51-61)69-19-7-11-23-77(69)85(81)65-17-5-2-6-18-65/h1-54H. The summed E-state index contributed by atoms with van der Waals surface area (Å²) in [7, 11) is 0. The minimum absolute atomic E-state index is 1.13. The van der Waals surface area contributed by atoms with Crippen LogP contribution < -0.4 is 0 Å². The van der Waals surface area contributed by atoms with Gasteiger partial charge in [0, 0.05) is 65.8 Å². The van der Waals surface area contributed by atoms with Crippen LogP contribution in [0, 0.1) is 0 Å². The molecule has 4 heteroatoms. The van der Waals surface area contributed by atoms with Crippen LogP contribution in [0.5, 0.6) is 0 Å². The largest absolute Gasteiger partial charge is 0.309 e. The summed E-state index contributed by atoms with van der Waals surface area (Å²) < 4.78 is 9.60. The molecule has 0 saturated carbocycles. The first-order valence-electron chi connectivity index (χ1n) is 30.3. The number of nitrogens with zero attached hydrogens (tertiary/aromatic N) is 4. The van der Waals surface area contributed by atoms with E-state index >= 15 is 0 Å². The number of hydrogen-bond donors (Lipinski definition) is 0. The van der Waals surface area contributed by atoms with Gasteiger partial charge < -0.3 is 18.3 Å². The van der Waals surface area contributed by atoms with E-state index in [0.29, 0.717) is 0 Å². The van der Waals surface area contributed by atoms with Gasteiger partial charge in [0.25, 0.3) is 0 Å². The maximum atomic E-state index is 2.41. The van der Waals surface area contributed by atoms with Crippen molar-refractivity contribution in [3.05, 3.63) is 328 Å². The number of para-hydroxylation sites is 5. The summed E-state index contributed by atoms with van der Waals surface area (Å²) in [5.41, 5.74) is 26.1. The third kappa shape index (κ3) is 7.93. The van der Waals surface area contributed by atoms with Crippen molar-refractivity contribution in [1.29, 1.82) is 0 Å². The van der Waals surface area contributed by atoms with Gasteiger partial charge >= 0.3 is 0 Å². The Labute approximate surface area is 508 Å². The normalized spacial score (nSPS) is 11.9. The van der Waals surface area contributed by atoms with Gasteiger partial charge in [-0.1, -0.05) is 206 Å². The molecule has 0 aliphatic heterocycles. The molecule has 0 unspecified atom stereocenters. The van der Waals surface area contributed by atoms with Gasteiger partial charge in [-0.15, -0.1) is 0 Å². The van der Waals surface area contributed by atoms with Crippen LogP contribution in [-0.4, -0.2) is 18.3 Å². The molecular formula is C84H54N4. The molecule has 0 amide bonds. The molecule has 14 aromatic carbocycles. The van der Waals surface area contributed by atoms with Crippen molar-refractivity contribution in [2.24, 2.45) is 0 Å². The fraction of sp³-hybridized carbons (Fsp3) is 0. The number of benzene rings is 14. The van der Waals surface area contributed by atoms with E-state index in [-0.39, 0.29) is 0 Å². The van der Waals surface area contributed by atoms with Gasteiger partial charge in [0.05, 0.1) is 44.1 Å². The molecule has 0 fully saturated rings. The average Bonchev–Trinajstić information content (AvgIpc) is 2.05. The first-order chi connectivity index (χ1) is 43.6. The summed E-state index contributed by atoms with van der Waals surface area (Å²) in [6, 6.07) is 120. The fourth-order valence-corrected chi connectivity index (χ4v) is 14.2. The van der Waals surface area contributed by atoms with Crippen molar-refractivity contribution in [2.45, 2.75) is 0 Å². The number of aromatic nitrogens is 4. The topological polar surface area (TPSA) is 19.7 Å². The second kappa shape index (κ2) is 20.0. The van der Waals surface area contributed by atoms with Gasteiger partial charge in [0.15, 0.2) is 0 Å². The Morgan fingerprint density at radius 2 is 0.318 bits per heavy atom. The van der Waals surface area contributed by atoms with E-state index in [0.717, 1.165) is 17.1 Å². The minimum atomic E-state index is 1.13. The van der Waals surface area contributed by atoms with E-state index in [9.17, 15) is 0 Å². The third-order valence-electron chi connectivity index (χ3n) is 18.4. The van der Waals surface area contributed by atoms with Crippen molar-refractivity contribution in [2.75, 3.05) is 0 Å². The van der Waals surface area contributed by atoms with Crippen LogP contribution >= 0.6 is 0 Å². The second-order valence-corrected chi connectivity index (χ2v) is 23.3. The van der Waals surface area contributed by atoms with Crippen LogP contribution in [0.25, 0.3) is 166 Å². The fourth-order valence-electron chi connectivity index (χ4n) is 14.2. The van der Waals surface area contributed by atoms with E-state index in [4.69, 9.17) is 0 Å². The van der Waals surface area contributed by atoms with E-state index in [1.807, 2.05) is 0 Å². The summed E-state index contributed by atoms with van der Waals surface area (Å²) in [5.74, 6) is 0. The monoisotopic (exact) mass is 1120 g/mol. The highest BCUT2D eigenvalue weighted by Gasteiger charge is 2.19. The van der Waals surface area contributed by atoms with Crippen LogP contribution in [0.1, 0.15) is 0 Å². The molecule has 0 aliphatic rings. The molecule has 410 valence electrons. The quantitative estimate of drug-likeness (QED) is 0.137. The predicted octanol–water partition coefficient (Wildman–Crippen LogP) is 22.4. The average molecular weight is 1120 g/mol. The summed E-state index contributed by atoms with van der Waals surface area (Å²) in [6.07, 6.45) is 0. The molecule has 0 radical (unpaired) electrons. The number of hydrogen-bond acceptors (Lipinski definition) is 0. The maximum Gasteiger partial charge on any atom is 0.0541 e. The highest BCUT2D eigenvalue weighted by atomic mass is 15.0.